The zero-order valence-electron chi connectivity index (χ0n) is 24.5. The molecule has 1 amide bonds. The second-order valence-electron chi connectivity index (χ2n) is 12.1. The Morgan fingerprint density at radius 3 is 2.38 bits per heavy atom. The van der Waals surface area contributed by atoms with Gasteiger partial charge in [-0.25, -0.2) is 0 Å². The van der Waals surface area contributed by atoms with Crippen molar-refractivity contribution in [3.63, 3.8) is 0 Å². The Morgan fingerprint density at radius 1 is 1.00 bits per heavy atom. The molecule has 0 bridgehead atoms. The molecule has 3 aromatic rings. The zero-order chi connectivity index (χ0) is 28.9. The summed E-state index contributed by atoms with van der Waals surface area (Å²) in [7, 11) is 0. The summed E-state index contributed by atoms with van der Waals surface area (Å²) in [6, 6.07) is 17.4. The number of aryl methyl sites for hydroxylation is 2. The number of rotatable bonds is 9. The van der Waals surface area contributed by atoms with E-state index in [4.69, 9.17) is 4.74 Å². The van der Waals surface area contributed by atoms with Gasteiger partial charge in [0.05, 0.1) is 12.5 Å². The fraction of sp³-hybridized carbons (Fsp3) is 0.441. The van der Waals surface area contributed by atoms with E-state index in [1.54, 1.807) is 10.6 Å². The van der Waals surface area contributed by atoms with Gasteiger partial charge in [0.25, 0.3) is 5.56 Å². The maximum Gasteiger partial charge on any atom is 0.306 e. The summed E-state index contributed by atoms with van der Waals surface area (Å²) in [5.74, 6) is -0.177. The van der Waals surface area contributed by atoms with Crippen LogP contribution in [-0.4, -0.2) is 22.0 Å². The minimum atomic E-state index is -0.506. The molecule has 2 aromatic carbocycles. The highest BCUT2D eigenvalue weighted by Crippen LogP contribution is 2.38. The van der Waals surface area contributed by atoms with Gasteiger partial charge in [-0.15, -0.1) is 0 Å². The third kappa shape index (κ3) is 7.71. The number of amides is 1. The average molecular weight is 543 g/mol. The molecule has 1 unspecified atom stereocenters. The quantitative estimate of drug-likeness (QED) is 0.305. The van der Waals surface area contributed by atoms with Gasteiger partial charge in [0.1, 0.15) is 5.60 Å². The Hall–Kier alpha value is -3.67. The molecule has 1 N–H and O–H groups in total. The molecule has 1 aliphatic rings. The third-order valence-corrected chi connectivity index (χ3v) is 7.70. The van der Waals surface area contributed by atoms with Gasteiger partial charge in [-0.05, 0) is 93.7 Å². The number of anilines is 1. The molecule has 0 radical (unpaired) electrons. The number of esters is 1. The Labute approximate surface area is 237 Å². The first-order valence-electron chi connectivity index (χ1n) is 14.4. The van der Waals surface area contributed by atoms with Gasteiger partial charge in [0.2, 0.25) is 5.91 Å². The number of nitrogens with one attached hydrogen (secondary N) is 1. The van der Waals surface area contributed by atoms with E-state index in [2.05, 4.69) is 5.32 Å². The van der Waals surface area contributed by atoms with Crippen molar-refractivity contribution in [3.8, 4) is 0 Å². The van der Waals surface area contributed by atoms with Crippen LogP contribution in [0.3, 0.4) is 0 Å². The Balaban J connectivity index is 1.50. The van der Waals surface area contributed by atoms with Crippen LogP contribution in [0.25, 0.3) is 0 Å². The van der Waals surface area contributed by atoms with E-state index in [1.165, 1.54) is 0 Å². The zero-order valence-corrected chi connectivity index (χ0v) is 24.5. The summed E-state index contributed by atoms with van der Waals surface area (Å²) in [4.78, 5) is 38.3. The molecule has 4 rings (SSSR count). The van der Waals surface area contributed by atoms with E-state index in [0.29, 0.717) is 25.3 Å². The predicted molar refractivity (Wildman–Crippen MR) is 160 cm³/mol. The normalized spacial score (nSPS) is 14.6. The van der Waals surface area contributed by atoms with Crippen LogP contribution in [0, 0.1) is 19.8 Å². The molecule has 0 spiro atoms. The van der Waals surface area contributed by atoms with Gasteiger partial charge in [-0.1, -0.05) is 55.3 Å². The first-order chi connectivity index (χ1) is 19.0. The molecule has 1 atom stereocenters. The van der Waals surface area contributed by atoms with Gasteiger partial charge >= 0.3 is 5.97 Å². The lowest BCUT2D eigenvalue weighted by Gasteiger charge is -2.24. The van der Waals surface area contributed by atoms with Gasteiger partial charge in [0.15, 0.2) is 0 Å². The van der Waals surface area contributed by atoms with Crippen molar-refractivity contribution in [2.45, 2.75) is 91.2 Å². The molecule has 40 heavy (non-hydrogen) atoms. The summed E-state index contributed by atoms with van der Waals surface area (Å²) in [5.41, 5.74) is 5.32. The fourth-order valence-electron chi connectivity index (χ4n) is 5.66. The molecular weight excluding hydrogens is 500 g/mol. The lowest BCUT2D eigenvalue weighted by molar-refractivity contribution is -0.154. The van der Waals surface area contributed by atoms with Gasteiger partial charge in [0, 0.05) is 24.4 Å². The number of pyridine rings is 1. The Kier molecular flexibility index (Phi) is 9.28. The van der Waals surface area contributed by atoms with E-state index in [9.17, 15) is 14.4 Å². The summed E-state index contributed by atoms with van der Waals surface area (Å²) >= 11 is 0. The maximum atomic E-state index is 13.8. The molecule has 0 saturated heterocycles. The number of nitrogens with zero attached hydrogens (tertiary/aromatic N) is 1. The monoisotopic (exact) mass is 542 g/mol. The molecule has 1 fully saturated rings. The molecule has 6 nitrogen and oxygen atoms in total. The van der Waals surface area contributed by atoms with Gasteiger partial charge < -0.3 is 14.6 Å². The number of hydrogen-bond acceptors (Lipinski definition) is 4. The molecule has 1 aromatic heterocycles. The minimum Gasteiger partial charge on any atom is -0.460 e. The SMILES string of the molecule is Cc1ccc(=O)n(Cc2ccc(C(C(=O)Nc3cccc(CCC(=O)OC(C)(C)C)c3C)C3CCCC3)cc2)c1. The first-order valence-corrected chi connectivity index (χ1v) is 14.4. The van der Waals surface area contributed by atoms with Crippen LogP contribution < -0.4 is 10.9 Å². The number of hydrogen-bond donors (Lipinski definition) is 1. The number of benzene rings is 2. The minimum absolute atomic E-state index is 0.00180. The largest absolute Gasteiger partial charge is 0.460 e. The van der Waals surface area contributed by atoms with Crippen molar-refractivity contribution in [3.05, 3.63) is 99.0 Å². The van der Waals surface area contributed by atoms with Crippen molar-refractivity contribution < 1.29 is 14.3 Å². The maximum absolute atomic E-state index is 13.8. The van der Waals surface area contributed by atoms with Crippen LogP contribution in [0.5, 0.6) is 0 Å². The van der Waals surface area contributed by atoms with E-state index in [-0.39, 0.29) is 23.4 Å². The van der Waals surface area contributed by atoms with E-state index >= 15 is 0 Å². The predicted octanol–water partition coefficient (Wildman–Crippen LogP) is 6.70. The fourth-order valence-corrected chi connectivity index (χ4v) is 5.66. The van der Waals surface area contributed by atoms with E-state index < -0.39 is 5.60 Å². The summed E-state index contributed by atoms with van der Waals surface area (Å²) in [6.07, 6.45) is 7.07. The lowest BCUT2D eigenvalue weighted by Crippen LogP contribution is -2.27. The van der Waals surface area contributed by atoms with Crippen LogP contribution in [-0.2, 0) is 27.3 Å². The summed E-state index contributed by atoms with van der Waals surface area (Å²) in [6.45, 7) is 10.1. The first kappa shape index (κ1) is 29.3. The molecule has 1 heterocycles. The average Bonchev–Trinajstić information content (AvgIpc) is 3.41. The van der Waals surface area contributed by atoms with Crippen LogP contribution in [0.1, 0.15) is 86.6 Å². The summed E-state index contributed by atoms with van der Waals surface area (Å²) < 4.78 is 7.17. The van der Waals surface area contributed by atoms with Gasteiger partial charge in [-0.3, -0.25) is 14.4 Å². The van der Waals surface area contributed by atoms with Crippen LogP contribution in [0.4, 0.5) is 5.69 Å². The van der Waals surface area contributed by atoms with Crippen molar-refractivity contribution in [2.75, 3.05) is 5.32 Å². The van der Waals surface area contributed by atoms with Crippen molar-refractivity contribution in [1.29, 1.82) is 0 Å². The number of ether oxygens (including phenoxy) is 1. The highest BCUT2D eigenvalue weighted by molar-refractivity contribution is 5.97. The second-order valence-corrected chi connectivity index (χ2v) is 12.1. The van der Waals surface area contributed by atoms with E-state index in [0.717, 1.165) is 59.2 Å². The molecule has 6 heteroatoms. The van der Waals surface area contributed by atoms with Crippen LogP contribution in [0.15, 0.2) is 65.6 Å². The molecule has 1 aliphatic carbocycles. The van der Waals surface area contributed by atoms with Crippen molar-refractivity contribution in [2.24, 2.45) is 5.92 Å². The van der Waals surface area contributed by atoms with Crippen LogP contribution in [0.2, 0.25) is 0 Å². The molecule has 212 valence electrons. The lowest BCUT2D eigenvalue weighted by atomic mass is 9.83. The van der Waals surface area contributed by atoms with Crippen molar-refractivity contribution >= 4 is 17.6 Å². The van der Waals surface area contributed by atoms with E-state index in [1.807, 2.05) is 89.3 Å². The van der Waals surface area contributed by atoms with Crippen molar-refractivity contribution in [1.82, 2.24) is 4.57 Å². The Morgan fingerprint density at radius 2 is 1.70 bits per heavy atom. The van der Waals surface area contributed by atoms with Gasteiger partial charge in [-0.2, -0.15) is 0 Å². The van der Waals surface area contributed by atoms with Crippen LogP contribution >= 0.6 is 0 Å². The third-order valence-electron chi connectivity index (χ3n) is 7.70. The smallest absolute Gasteiger partial charge is 0.306 e. The topological polar surface area (TPSA) is 77.4 Å². The molecule has 1 saturated carbocycles. The molecular formula is C34H42N2O4. The second kappa shape index (κ2) is 12.7. The highest BCUT2D eigenvalue weighted by Gasteiger charge is 2.32. The Bertz CT molecular complexity index is 1390. The number of carbonyl (C=O) groups is 2. The standard InChI is InChI=1S/C34H42N2O4/c1-23-13-19-30(37)36(21-23)22-25-14-16-28(17-15-25)32(27-9-6-7-10-27)33(39)35-29-12-8-11-26(24(29)2)18-20-31(38)40-34(3,4)5/h8,11-17,19,21,27,32H,6-7,9-10,18,20,22H2,1-5H3,(H,35,39). The number of carbonyl (C=O) groups excluding carboxylic acids is 2. The summed E-state index contributed by atoms with van der Waals surface area (Å²) in [5, 5.41) is 3.22. The number of aromatic nitrogens is 1. The molecule has 0 aliphatic heterocycles. The highest BCUT2D eigenvalue weighted by atomic mass is 16.6.